The van der Waals surface area contributed by atoms with E-state index in [1.54, 1.807) is 31.4 Å². The number of carbonyl (C=O) groups excluding carboxylic acids is 2. The first kappa shape index (κ1) is 21.2. The zero-order valence-electron chi connectivity index (χ0n) is 15.6. The lowest BCUT2D eigenvalue weighted by Gasteiger charge is -2.09. The Morgan fingerprint density at radius 3 is 2.36 bits per heavy atom. The van der Waals surface area contributed by atoms with Gasteiger partial charge in [-0.2, -0.15) is 5.10 Å². The zero-order chi connectivity index (χ0) is 20.5. The molecule has 2 amide bonds. The van der Waals surface area contributed by atoms with Crippen molar-refractivity contribution in [1.82, 2.24) is 10.7 Å². The average Bonchev–Trinajstić information content (AvgIpc) is 2.71. The third-order valence-electron chi connectivity index (χ3n) is 3.64. The van der Waals surface area contributed by atoms with E-state index in [4.69, 9.17) is 14.2 Å². The van der Waals surface area contributed by atoms with Crippen LogP contribution in [0.5, 0.6) is 17.2 Å². The normalized spacial score (nSPS) is 10.4. The summed E-state index contributed by atoms with van der Waals surface area (Å²) >= 11 is 3.36. The molecule has 2 N–H and O–H groups in total. The Morgan fingerprint density at radius 1 is 1.00 bits per heavy atom. The van der Waals surface area contributed by atoms with Crippen LogP contribution in [0.1, 0.15) is 15.9 Å². The molecule has 0 spiro atoms. The molecule has 0 fully saturated rings. The third-order valence-corrected chi connectivity index (χ3v) is 4.13. The molecule has 0 atom stereocenters. The summed E-state index contributed by atoms with van der Waals surface area (Å²) in [5.41, 5.74) is 3.38. The number of nitrogens with zero attached hydrogens (tertiary/aromatic N) is 1. The van der Waals surface area contributed by atoms with Gasteiger partial charge in [0.05, 0.1) is 34.1 Å². The van der Waals surface area contributed by atoms with Crippen molar-refractivity contribution in [3.8, 4) is 17.2 Å². The van der Waals surface area contributed by atoms with Crippen LogP contribution >= 0.6 is 15.9 Å². The Hall–Kier alpha value is -3.07. The van der Waals surface area contributed by atoms with Crippen molar-refractivity contribution >= 4 is 34.0 Å². The van der Waals surface area contributed by atoms with Gasteiger partial charge in [0.25, 0.3) is 11.8 Å². The van der Waals surface area contributed by atoms with E-state index in [1.165, 1.54) is 26.5 Å². The molecule has 0 heterocycles. The maximum atomic E-state index is 12.2. The molecule has 9 heteroatoms. The topological polar surface area (TPSA) is 98.2 Å². The molecule has 0 bridgehead atoms. The zero-order valence-corrected chi connectivity index (χ0v) is 17.2. The molecule has 0 aliphatic heterocycles. The molecule has 0 unspecified atom stereocenters. The standard InChI is InChI=1S/C19H20BrN3O5/c1-26-15-7-5-14(20)8-13(15)10-22-23-18(24)11-21-19(25)12-4-6-16(27-2)17(9-12)28-3/h4-10H,11H2,1-3H3,(H,21,25)(H,23,24)/b22-10-. The second-order valence-electron chi connectivity index (χ2n) is 5.43. The molecule has 28 heavy (non-hydrogen) atoms. The number of hydrazone groups is 1. The highest BCUT2D eigenvalue weighted by atomic mass is 79.9. The monoisotopic (exact) mass is 449 g/mol. The van der Waals surface area contributed by atoms with E-state index >= 15 is 0 Å². The molecular formula is C19H20BrN3O5. The molecule has 2 rings (SSSR count). The highest BCUT2D eigenvalue weighted by molar-refractivity contribution is 9.10. The van der Waals surface area contributed by atoms with Gasteiger partial charge in [0, 0.05) is 15.6 Å². The second kappa shape index (κ2) is 10.3. The summed E-state index contributed by atoms with van der Waals surface area (Å²) in [4.78, 5) is 24.1. The van der Waals surface area contributed by atoms with E-state index in [2.05, 4.69) is 31.8 Å². The van der Waals surface area contributed by atoms with Crippen molar-refractivity contribution < 1.29 is 23.8 Å². The lowest BCUT2D eigenvalue weighted by Crippen LogP contribution is -2.34. The van der Waals surface area contributed by atoms with Crippen molar-refractivity contribution in [3.63, 3.8) is 0 Å². The van der Waals surface area contributed by atoms with Gasteiger partial charge in [-0.05, 0) is 36.4 Å². The van der Waals surface area contributed by atoms with Crippen LogP contribution in [0, 0.1) is 0 Å². The van der Waals surface area contributed by atoms with Crippen LogP contribution in [-0.2, 0) is 4.79 Å². The number of hydrogen-bond acceptors (Lipinski definition) is 6. The Kier molecular flexibility index (Phi) is 7.82. The van der Waals surface area contributed by atoms with Gasteiger partial charge in [-0.3, -0.25) is 9.59 Å². The van der Waals surface area contributed by atoms with E-state index in [-0.39, 0.29) is 6.54 Å². The van der Waals surface area contributed by atoms with Crippen LogP contribution in [0.4, 0.5) is 0 Å². The summed E-state index contributed by atoms with van der Waals surface area (Å²) in [6, 6.07) is 10.1. The smallest absolute Gasteiger partial charge is 0.259 e. The minimum atomic E-state index is -0.473. The SMILES string of the molecule is COc1ccc(Br)cc1/C=N\NC(=O)CNC(=O)c1ccc(OC)c(OC)c1. The predicted molar refractivity (Wildman–Crippen MR) is 108 cm³/mol. The summed E-state index contributed by atoms with van der Waals surface area (Å²) < 4.78 is 16.4. The molecule has 0 aromatic heterocycles. The summed E-state index contributed by atoms with van der Waals surface area (Å²) in [7, 11) is 4.53. The first-order valence-electron chi connectivity index (χ1n) is 8.14. The number of ether oxygens (including phenoxy) is 3. The first-order chi connectivity index (χ1) is 13.5. The van der Waals surface area contributed by atoms with Crippen molar-refractivity contribution in [2.24, 2.45) is 5.10 Å². The molecule has 0 radical (unpaired) electrons. The molecule has 148 valence electrons. The van der Waals surface area contributed by atoms with Gasteiger partial charge in [0.1, 0.15) is 5.75 Å². The fourth-order valence-corrected chi connectivity index (χ4v) is 2.64. The van der Waals surface area contributed by atoms with Crippen LogP contribution in [0.2, 0.25) is 0 Å². The summed E-state index contributed by atoms with van der Waals surface area (Å²) in [5.74, 6) is 0.650. The quantitative estimate of drug-likeness (QED) is 0.476. The molecular weight excluding hydrogens is 430 g/mol. The number of amides is 2. The van der Waals surface area contributed by atoms with Gasteiger partial charge in [0.2, 0.25) is 0 Å². The first-order valence-corrected chi connectivity index (χ1v) is 8.93. The minimum absolute atomic E-state index is 0.236. The lowest BCUT2D eigenvalue weighted by molar-refractivity contribution is -0.120. The van der Waals surface area contributed by atoms with Crippen molar-refractivity contribution in [2.45, 2.75) is 0 Å². The Labute approximate surface area is 171 Å². The number of hydrogen-bond donors (Lipinski definition) is 2. The third kappa shape index (κ3) is 5.71. The number of rotatable bonds is 8. The molecule has 0 saturated carbocycles. The van der Waals surface area contributed by atoms with Gasteiger partial charge >= 0.3 is 0 Å². The fraction of sp³-hybridized carbons (Fsp3) is 0.211. The number of halogens is 1. The van der Waals surface area contributed by atoms with E-state index < -0.39 is 11.8 Å². The number of benzene rings is 2. The van der Waals surface area contributed by atoms with Crippen LogP contribution in [0.15, 0.2) is 46.0 Å². The van der Waals surface area contributed by atoms with Crippen molar-refractivity contribution in [1.29, 1.82) is 0 Å². The van der Waals surface area contributed by atoms with E-state index in [9.17, 15) is 9.59 Å². The molecule has 0 aliphatic rings. The average molecular weight is 450 g/mol. The number of methoxy groups -OCH3 is 3. The Bertz CT molecular complexity index is 886. The molecule has 8 nitrogen and oxygen atoms in total. The van der Waals surface area contributed by atoms with E-state index in [1.807, 2.05) is 6.07 Å². The molecule has 0 saturated heterocycles. The highest BCUT2D eigenvalue weighted by Crippen LogP contribution is 2.27. The molecule has 2 aromatic rings. The Balaban J connectivity index is 1.90. The van der Waals surface area contributed by atoms with Crippen LogP contribution in [0.3, 0.4) is 0 Å². The van der Waals surface area contributed by atoms with Gasteiger partial charge in [-0.15, -0.1) is 0 Å². The largest absolute Gasteiger partial charge is 0.496 e. The molecule has 0 aliphatic carbocycles. The summed E-state index contributed by atoms with van der Waals surface area (Å²) in [6.07, 6.45) is 1.46. The summed E-state index contributed by atoms with van der Waals surface area (Å²) in [6.45, 7) is -0.236. The van der Waals surface area contributed by atoms with Crippen molar-refractivity contribution in [3.05, 3.63) is 52.0 Å². The van der Waals surface area contributed by atoms with Gasteiger partial charge < -0.3 is 19.5 Å². The van der Waals surface area contributed by atoms with Crippen LogP contribution < -0.4 is 25.0 Å². The van der Waals surface area contributed by atoms with Gasteiger partial charge in [0.15, 0.2) is 11.5 Å². The van der Waals surface area contributed by atoms with Gasteiger partial charge in [-0.1, -0.05) is 15.9 Å². The Morgan fingerprint density at radius 2 is 1.68 bits per heavy atom. The van der Waals surface area contributed by atoms with E-state index in [0.717, 1.165) is 4.47 Å². The highest BCUT2D eigenvalue weighted by Gasteiger charge is 2.11. The number of nitrogens with one attached hydrogen (secondary N) is 2. The van der Waals surface area contributed by atoms with E-state index in [0.29, 0.717) is 28.4 Å². The fourth-order valence-electron chi connectivity index (χ4n) is 2.26. The summed E-state index contributed by atoms with van der Waals surface area (Å²) in [5, 5.41) is 6.39. The van der Waals surface area contributed by atoms with Crippen LogP contribution in [-0.4, -0.2) is 45.9 Å². The van der Waals surface area contributed by atoms with Gasteiger partial charge in [-0.25, -0.2) is 5.43 Å². The maximum Gasteiger partial charge on any atom is 0.259 e. The minimum Gasteiger partial charge on any atom is -0.496 e. The van der Waals surface area contributed by atoms with Crippen LogP contribution in [0.25, 0.3) is 0 Å². The maximum absolute atomic E-state index is 12.2. The second-order valence-corrected chi connectivity index (χ2v) is 6.35. The van der Waals surface area contributed by atoms with Crippen molar-refractivity contribution in [2.75, 3.05) is 27.9 Å². The number of carbonyl (C=O) groups is 2. The lowest BCUT2D eigenvalue weighted by atomic mass is 10.2. The predicted octanol–water partition coefficient (Wildman–Crippen LogP) is 2.36. The molecule has 2 aromatic carbocycles.